The van der Waals surface area contributed by atoms with Crippen molar-refractivity contribution in [3.05, 3.63) is 74.2 Å². The Morgan fingerprint density at radius 3 is 2.85 bits per heavy atom. The van der Waals surface area contributed by atoms with Crippen LogP contribution < -0.4 is 5.32 Å². The Kier molecular flexibility index (Phi) is 5.89. The molecule has 26 heavy (non-hydrogen) atoms. The van der Waals surface area contributed by atoms with Crippen molar-refractivity contribution < 1.29 is 9.90 Å². The summed E-state index contributed by atoms with van der Waals surface area (Å²) in [5.41, 5.74) is 2.48. The van der Waals surface area contributed by atoms with Gasteiger partial charge in [0.25, 0.3) is 5.91 Å². The number of allylic oxidation sites excluding steroid dienone is 2. The Bertz CT molecular complexity index is 933. The van der Waals surface area contributed by atoms with E-state index < -0.39 is 6.10 Å². The molecule has 0 aliphatic heterocycles. The molecule has 1 aromatic heterocycles. The van der Waals surface area contributed by atoms with Crippen LogP contribution in [0.25, 0.3) is 0 Å². The Morgan fingerprint density at radius 2 is 2.15 bits per heavy atom. The first-order valence-electron chi connectivity index (χ1n) is 8.10. The predicted octanol–water partition coefficient (Wildman–Crippen LogP) is 3.63. The smallest absolute Gasteiger partial charge is 0.263 e. The highest BCUT2D eigenvalue weighted by Crippen LogP contribution is 2.18. The highest BCUT2D eigenvalue weighted by atomic mass is 35.5. The number of hydrogen-bond donors (Lipinski definition) is 2. The topological polar surface area (TPSA) is 62.2 Å². The molecule has 0 fully saturated rings. The number of aliphatic hydroxyl groups excluding tert-OH is 1. The lowest BCUT2D eigenvalue weighted by atomic mass is 10.1. The molecular weight excluding hydrogens is 368 g/mol. The molecule has 132 valence electrons. The minimum Gasteiger partial charge on any atom is -0.389 e. The summed E-state index contributed by atoms with van der Waals surface area (Å²) in [5.74, 6) is 5.84. The quantitative estimate of drug-likeness (QED) is 0.794. The van der Waals surface area contributed by atoms with Crippen molar-refractivity contribution in [3.63, 3.8) is 0 Å². The van der Waals surface area contributed by atoms with Crippen molar-refractivity contribution in [2.45, 2.75) is 26.0 Å². The molecule has 1 unspecified atom stereocenters. The Balaban J connectivity index is 1.65. The summed E-state index contributed by atoms with van der Waals surface area (Å²) in [7, 11) is 0. The number of aromatic nitrogens is 1. The molecule has 1 atom stereocenters. The zero-order valence-electron chi connectivity index (χ0n) is 14.1. The van der Waals surface area contributed by atoms with E-state index in [4.69, 9.17) is 11.6 Å². The lowest BCUT2D eigenvalue weighted by Crippen LogP contribution is -2.22. The van der Waals surface area contributed by atoms with E-state index in [1.807, 2.05) is 18.2 Å². The van der Waals surface area contributed by atoms with E-state index in [0.29, 0.717) is 33.6 Å². The number of thiazole rings is 1. The number of hydrogen-bond acceptors (Lipinski definition) is 4. The highest BCUT2D eigenvalue weighted by Gasteiger charge is 2.14. The lowest BCUT2D eigenvalue weighted by Gasteiger charge is -2.05. The maximum absolute atomic E-state index is 12.4. The molecule has 4 nitrogen and oxygen atoms in total. The Hall–Kier alpha value is -2.39. The molecule has 0 saturated heterocycles. The van der Waals surface area contributed by atoms with E-state index in [0.717, 1.165) is 11.1 Å². The van der Waals surface area contributed by atoms with Gasteiger partial charge in [-0.15, -0.1) is 11.3 Å². The number of halogens is 1. The van der Waals surface area contributed by atoms with Gasteiger partial charge in [-0.25, -0.2) is 4.98 Å². The number of amides is 1. The summed E-state index contributed by atoms with van der Waals surface area (Å²) < 4.78 is 0. The zero-order chi connectivity index (χ0) is 18.5. The maximum Gasteiger partial charge on any atom is 0.263 e. The van der Waals surface area contributed by atoms with Crippen molar-refractivity contribution in [1.29, 1.82) is 0 Å². The predicted molar refractivity (Wildman–Crippen MR) is 104 cm³/mol. The SMILES string of the molecule is Cc1nc(C#CC2=CCC(O)C=C2)sc1C(=O)NCc1ccc(Cl)cc1. The summed E-state index contributed by atoms with van der Waals surface area (Å²) in [6, 6.07) is 7.34. The minimum atomic E-state index is -0.432. The van der Waals surface area contributed by atoms with E-state index in [-0.39, 0.29) is 5.91 Å². The van der Waals surface area contributed by atoms with Crippen LogP contribution in [0, 0.1) is 18.8 Å². The Morgan fingerprint density at radius 1 is 1.38 bits per heavy atom. The number of aryl methyl sites for hydroxylation is 1. The van der Waals surface area contributed by atoms with E-state index >= 15 is 0 Å². The third-order valence-corrected chi connectivity index (χ3v) is 5.08. The fourth-order valence-electron chi connectivity index (χ4n) is 2.35. The molecule has 1 aliphatic carbocycles. The first-order valence-corrected chi connectivity index (χ1v) is 9.29. The zero-order valence-corrected chi connectivity index (χ0v) is 15.7. The monoisotopic (exact) mass is 384 g/mol. The van der Waals surface area contributed by atoms with Crippen molar-refractivity contribution in [2.24, 2.45) is 0 Å². The van der Waals surface area contributed by atoms with Crippen LogP contribution in [-0.4, -0.2) is 22.1 Å². The van der Waals surface area contributed by atoms with Gasteiger partial charge in [0.15, 0.2) is 5.01 Å². The molecule has 2 aromatic rings. The van der Waals surface area contributed by atoms with Crippen molar-refractivity contribution in [3.8, 4) is 11.8 Å². The molecule has 3 rings (SSSR count). The van der Waals surface area contributed by atoms with Gasteiger partial charge in [-0.05, 0) is 43.0 Å². The fraction of sp³-hybridized carbons (Fsp3) is 0.200. The van der Waals surface area contributed by atoms with Gasteiger partial charge >= 0.3 is 0 Å². The highest BCUT2D eigenvalue weighted by molar-refractivity contribution is 7.14. The number of benzene rings is 1. The van der Waals surface area contributed by atoms with Crippen LogP contribution in [-0.2, 0) is 6.54 Å². The first kappa shape index (κ1) is 18.4. The molecule has 2 N–H and O–H groups in total. The third-order valence-electron chi connectivity index (χ3n) is 3.76. The molecule has 1 amide bonds. The minimum absolute atomic E-state index is 0.164. The van der Waals surface area contributed by atoms with Gasteiger partial charge in [0, 0.05) is 17.1 Å². The second kappa shape index (κ2) is 8.33. The lowest BCUT2D eigenvalue weighted by molar-refractivity contribution is 0.0954. The second-order valence-electron chi connectivity index (χ2n) is 5.81. The number of aliphatic hydroxyl groups is 1. The van der Waals surface area contributed by atoms with Gasteiger partial charge in [-0.3, -0.25) is 4.79 Å². The number of carbonyl (C=O) groups is 1. The molecule has 0 saturated carbocycles. The van der Waals surface area contributed by atoms with Gasteiger partial charge in [-0.1, -0.05) is 41.8 Å². The van der Waals surface area contributed by atoms with Gasteiger partial charge in [0.05, 0.1) is 11.8 Å². The van der Waals surface area contributed by atoms with Crippen LogP contribution in [0.2, 0.25) is 5.02 Å². The average molecular weight is 385 g/mol. The maximum atomic E-state index is 12.4. The van der Waals surface area contributed by atoms with Gasteiger partial charge in [-0.2, -0.15) is 0 Å². The second-order valence-corrected chi connectivity index (χ2v) is 7.25. The van der Waals surface area contributed by atoms with Crippen LogP contribution in [0.5, 0.6) is 0 Å². The molecule has 1 aromatic carbocycles. The summed E-state index contributed by atoms with van der Waals surface area (Å²) in [6.45, 7) is 2.23. The standard InChI is InChI=1S/C20H17ClN2O2S/c1-13-19(20(25)22-12-15-2-7-16(21)8-3-15)26-18(23-13)11-6-14-4-9-17(24)10-5-14/h2-5,7-9,17,24H,10,12H2,1H3,(H,22,25). The van der Waals surface area contributed by atoms with Crippen molar-refractivity contribution in [2.75, 3.05) is 0 Å². The summed E-state index contributed by atoms with van der Waals surface area (Å²) >= 11 is 7.14. The largest absolute Gasteiger partial charge is 0.389 e. The molecular formula is C20H17ClN2O2S. The van der Waals surface area contributed by atoms with Gasteiger partial charge < -0.3 is 10.4 Å². The van der Waals surface area contributed by atoms with E-state index in [9.17, 15) is 9.90 Å². The first-order chi connectivity index (χ1) is 12.5. The average Bonchev–Trinajstić information content (AvgIpc) is 3.01. The van der Waals surface area contributed by atoms with Gasteiger partial charge in [0.2, 0.25) is 0 Å². The summed E-state index contributed by atoms with van der Waals surface area (Å²) in [5, 5.41) is 13.6. The van der Waals surface area contributed by atoms with Gasteiger partial charge in [0.1, 0.15) is 4.88 Å². The molecule has 1 heterocycles. The number of nitrogens with one attached hydrogen (secondary N) is 1. The fourth-order valence-corrected chi connectivity index (χ4v) is 3.32. The molecule has 6 heteroatoms. The van der Waals surface area contributed by atoms with Crippen LogP contribution in [0.3, 0.4) is 0 Å². The molecule has 0 spiro atoms. The third kappa shape index (κ3) is 4.83. The van der Waals surface area contributed by atoms with Crippen LogP contribution >= 0.6 is 22.9 Å². The van der Waals surface area contributed by atoms with E-state index in [2.05, 4.69) is 22.1 Å². The van der Waals surface area contributed by atoms with Crippen LogP contribution in [0.15, 0.2) is 48.1 Å². The number of nitrogens with zero attached hydrogens (tertiary/aromatic N) is 1. The van der Waals surface area contributed by atoms with E-state index in [1.165, 1.54) is 11.3 Å². The normalized spacial score (nSPS) is 15.8. The van der Waals surface area contributed by atoms with Crippen molar-refractivity contribution >= 4 is 28.8 Å². The van der Waals surface area contributed by atoms with Crippen LogP contribution in [0.1, 0.15) is 32.4 Å². The summed E-state index contributed by atoms with van der Waals surface area (Å²) in [4.78, 5) is 17.3. The Labute approximate surface area is 161 Å². The van der Waals surface area contributed by atoms with Crippen molar-refractivity contribution in [1.82, 2.24) is 10.3 Å². The summed E-state index contributed by atoms with van der Waals surface area (Å²) in [6.07, 6.45) is 5.53. The molecule has 0 bridgehead atoms. The van der Waals surface area contributed by atoms with E-state index in [1.54, 1.807) is 31.2 Å². The molecule has 1 aliphatic rings. The molecule has 0 radical (unpaired) electrons. The number of carbonyl (C=O) groups excluding carboxylic acids is 1. The number of rotatable bonds is 3. The van der Waals surface area contributed by atoms with Crippen LogP contribution in [0.4, 0.5) is 0 Å².